The predicted octanol–water partition coefficient (Wildman–Crippen LogP) is 6.55. The first-order chi connectivity index (χ1) is 19.4. The lowest BCUT2D eigenvalue weighted by atomic mass is 9.91. The van der Waals surface area contributed by atoms with Crippen LogP contribution in [0.4, 0.5) is 5.95 Å². The zero-order valence-corrected chi connectivity index (χ0v) is 26.1. The molecule has 1 unspecified atom stereocenters. The molecule has 5 rings (SSSR count). The average Bonchev–Trinajstić information content (AvgIpc) is 3.36. The Morgan fingerprint density at radius 2 is 1.88 bits per heavy atom. The van der Waals surface area contributed by atoms with Crippen molar-refractivity contribution >= 4 is 45.1 Å². The molecule has 0 amide bonds. The van der Waals surface area contributed by atoms with Crippen molar-refractivity contribution in [2.24, 2.45) is 0 Å². The van der Waals surface area contributed by atoms with E-state index in [-0.39, 0.29) is 0 Å². The lowest BCUT2D eigenvalue weighted by molar-refractivity contribution is -0.164. The Kier molecular flexibility index (Phi) is 8.34. The molecule has 10 heteroatoms. The number of aromatic nitrogens is 3. The van der Waals surface area contributed by atoms with Crippen LogP contribution in [-0.4, -0.2) is 71.3 Å². The third-order valence-electron chi connectivity index (χ3n) is 7.31. The van der Waals surface area contributed by atoms with Gasteiger partial charge in [0.25, 0.3) is 0 Å². The Morgan fingerprint density at radius 3 is 2.54 bits per heavy atom. The van der Waals surface area contributed by atoms with Crippen molar-refractivity contribution in [1.82, 2.24) is 19.9 Å². The molecular weight excluding hydrogens is 558 g/mol. The number of ether oxygens (including phenoxy) is 2. The highest BCUT2D eigenvalue weighted by Crippen LogP contribution is 2.44. The largest absolute Gasteiger partial charge is 0.467 e. The number of rotatable bonds is 6. The third-order valence-corrected chi connectivity index (χ3v) is 8.68. The first kappa shape index (κ1) is 29.4. The van der Waals surface area contributed by atoms with Gasteiger partial charge in [-0.25, -0.2) is 19.7 Å². The van der Waals surface area contributed by atoms with E-state index in [1.807, 2.05) is 64.1 Å². The van der Waals surface area contributed by atoms with Gasteiger partial charge in [0.2, 0.25) is 5.95 Å². The summed E-state index contributed by atoms with van der Waals surface area (Å²) in [6, 6.07) is 11.9. The van der Waals surface area contributed by atoms with Crippen molar-refractivity contribution in [2.75, 3.05) is 38.7 Å². The van der Waals surface area contributed by atoms with Crippen LogP contribution in [0.2, 0.25) is 5.02 Å². The highest BCUT2D eigenvalue weighted by atomic mass is 35.5. The maximum Gasteiger partial charge on any atom is 0.339 e. The molecule has 8 nitrogen and oxygen atoms in total. The van der Waals surface area contributed by atoms with Gasteiger partial charge in [-0.05, 0) is 77.1 Å². The number of likely N-dealkylation sites (N-methyl/N-ethyl adjacent to an activating group) is 1. The Balaban J connectivity index is 1.67. The minimum atomic E-state index is -0.925. The van der Waals surface area contributed by atoms with Crippen molar-refractivity contribution in [3.05, 3.63) is 58.7 Å². The first-order valence-electron chi connectivity index (χ1n) is 13.7. The molecular formula is C31H36ClN5O3S. The summed E-state index contributed by atoms with van der Waals surface area (Å²) < 4.78 is 12.5. The van der Waals surface area contributed by atoms with Gasteiger partial charge in [0.05, 0.1) is 22.9 Å². The molecule has 0 radical (unpaired) electrons. The van der Waals surface area contributed by atoms with Gasteiger partial charge in [-0.2, -0.15) is 0 Å². The van der Waals surface area contributed by atoms with Crippen molar-refractivity contribution in [3.63, 3.8) is 0 Å². The maximum absolute atomic E-state index is 13.2. The van der Waals surface area contributed by atoms with Gasteiger partial charge < -0.3 is 19.3 Å². The van der Waals surface area contributed by atoms with E-state index in [1.54, 1.807) is 17.5 Å². The average molecular weight is 594 g/mol. The molecule has 0 aliphatic carbocycles. The monoisotopic (exact) mass is 593 g/mol. The van der Waals surface area contributed by atoms with Gasteiger partial charge in [0, 0.05) is 48.0 Å². The fraction of sp³-hybridized carbons (Fsp3) is 0.419. The standard InChI is InChI=1S/C31H36ClN5O3S/c1-18-16-23-27(41-28(34-23)22-12-13-33-30(35-22)37-15-14-36(6)19(2)17-37)25(20-8-10-21(32)11-9-20)24(18)26(29(38)39-7)40-31(3,4)5/h8-13,16,19,26H,14-15,17H2,1-7H3/t19-,26?/m1/s1. The molecule has 2 aromatic carbocycles. The number of fused-ring (bicyclic) bond motifs is 1. The zero-order chi connectivity index (χ0) is 29.5. The summed E-state index contributed by atoms with van der Waals surface area (Å²) in [4.78, 5) is 32.3. The summed E-state index contributed by atoms with van der Waals surface area (Å²) in [5.41, 5.74) is 4.43. The molecule has 2 aromatic heterocycles. The SMILES string of the molecule is COC(=O)C(OC(C)(C)C)c1c(C)cc2nc(-c3ccnc(N4CCN(C)[C@H](C)C4)n3)sc2c1-c1ccc(Cl)cc1. The number of carbonyl (C=O) groups excluding carboxylic acids is 1. The van der Waals surface area contributed by atoms with E-state index in [1.165, 1.54) is 7.11 Å². The number of aryl methyl sites for hydroxylation is 1. The lowest BCUT2D eigenvalue weighted by Gasteiger charge is -2.37. The van der Waals surface area contributed by atoms with E-state index in [0.717, 1.165) is 62.8 Å². The second-order valence-corrected chi connectivity index (χ2v) is 12.9. The fourth-order valence-corrected chi connectivity index (χ4v) is 6.32. The number of anilines is 1. The Hall–Kier alpha value is -3.11. The number of nitrogens with zero attached hydrogens (tertiary/aromatic N) is 5. The van der Waals surface area contributed by atoms with E-state index in [9.17, 15) is 4.79 Å². The predicted molar refractivity (Wildman–Crippen MR) is 166 cm³/mol. The number of thiazole rings is 1. The van der Waals surface area contributed by atoms with Gasteiger partial charge in [-0.3, -0.25) is 0 Å². The molecule has 1 fully saturated rings. The number of piperazine rings is 1. The van der Waals surface area contributed by atoms with Crippen LogP contribution in [-0.2, 0) is 14.3 Å². The molecule has 0 spiro atoms. The van der Waals surface area contributed by atoms with Crippen LogP contribution >= 0.6 is 22.9 Å². The van der Waals surface area contributed by atoms with Crippen LogP contribution < -0.4 is 4.90 Å². The third kappa shape index (κ3) is 6.23. The smallest absolute Gasteiger partial charge is 0.339 e. The van der Waals surface area contributed by atoms with Gasteiger partial charge in [-0.15, -0.1) is 11.3 Å². The topological polar surface area (TPSA) is 80.7 Å². The highest BCUT2D eigenvalue weighted by molar-refractivity contribution is 7.22. The van der Waals surface area contributed by atoms with Crippen LogP contribution in [0.1, 0.15) is 44.9 Å². The van der Waals surface area contributed by atoms with Crippen LogP contribution in [0.25, 0.3) is 32.0 Å². The van der Waals surface area contributed by atoms with Gasteiger partial charge in [0.1, 0.15) is 10.7 Å². The van der Waals surface area contributed by atoms with Gasteiger partial charge in [-0.1, -0.05) is 23.7 Å². The lowest BCUT2D eigenvalue weighted by Crippen LogP contribution is -2.50. The summed E-state index contributed by atoms with van der Waals surface area (Å²) in [7, 11) is 3.53. The van der Waals surface area contributed by atoms with Crippen LogP contribution in [0.5, 0.6) is 0 Å². The molecule has 1 aliphatic heterocycles. The second kappa shape index (κ2) is 11.6. The van der Waals surface area contributed by atoms with E-state index in [2.05, 4.69) is 28.8 Å². The molecule has 41 heavy (non-hydrogen) atoms. The molecule has 4 aromatic rings. The fourth-order valence-electron chi connectivity index (χ4n) is 5.10. The maximum atomic E-state index is 13.2. The summed E-state index contributed by atoms with van der Waals surface area (Å²) in [5.74, 6) is 0.255. The number of hydrogen-bond acceptors (Lipinski definition) is 9. The van der Waals surface area contributed by atoms with Gasteiger partial charge in [0.15, 0.2) is 6.10 Å². The quantitative estimate of drug-likeness (QED) is 0.233. The summed E-state index contributed by atoms with van der Waals surface area (Å²) >= 11 is 7.80. The Labute approximate surface area is 250 Å². The van der Waals surface area contributed by atoms with Crippen molar-refractivity contribution < 1.29 is 14.3 Å². The van der Waals surface area contributed by atoms with Crippen LogP contribution in [0.15, 0.2) is 42.6 Å². The number of halogens is 1. The minimum Gasteiger partial charge on any atom is -0.467 e. The number of esters is 1. The molecule has 0 saturated carbocycles. The van der Waals surface area contributed by atoms with E-state index < -0.39 is 17.7 Å². The molecule has 1 aliphatic rings. The van der Waals surface area contributed by atoms with Crippen molar-refractivity contribution in [3.8, 4) is 21.8 Å². The normalized spacial score (nSPS) is 17.2. The highest BCUT2D eigenvalue weighted by Gasteiger charge is 2.33. The number of hydrogen-bond donors (Lipinski definition) is 0. The second-order valence-electron chi connectivity index (χ2n) is 11.5. The number of methoxy groups -OCH3 is 1. The minimum absolute atomic E-state index is 0.417. The van der Waals surface area contributed by atoms with Crippen molar-refractivity contribution in [1.29, 1.82) is 0 Å². The van der Waals surface area contributed by atoms with E-state index in [4.69, 9.17) is 31.0 Å². The Morgan fingerprint density at radius 1 is 1.15 bits per heavy atom. The molecule has 3 heterocycles. The molecule has 2 atom stereocenters. The zero-order valence-electron chi connectivity index (χ0n) is 24.6. The number of carbonyl (C=O) groups is 1. The Bertz CT molecular complexity index is 1570. The molecule has 0 N–H and O–H groups in total. The summed E-state index contributed by atoms with van der Waals surface area (Å²) in [6.07, 6.45) is 0.874. The van der Waals surface area contributed by atoms with Crippen LogP contribution in [0, 0.1) is 6.92 Å². The number of benzene rings is 2. The van der Waals surface area contributed by atoms with Gasteiger partial charge >= 0.3 is 5.97 Å². The van der Waals surface area contributed by atoms with E-state index >= 15 is 0 Å². The van der Waals surface area contributed by atoms with Crippen LogP contribution in [0.3, 0.4) is 0 Å². The first-order valence-corrected chi connectivity index (χ1v) is 14.9. The summed E-state index contributed by atoms with van der Waals surface area (Å²) in [5, 5.41) is 1.41. The molecule has 0 bridgehead atoms. The molecule has 216 valence electrons. The van der Waals surface area contributed by atoms with Crippen molar-refractivity contribution in [2.45, 2.75) is 52.4 Å². The summed E-state index contributed by atoms with van der Waals surface area (Å²) in [6.45, 7) is 12.7. The van der Waals surface area contributed by atoms with E-state index in [0.29, 0.717) is 17.0 Å². The molecule has 1 saturated heterocycles.